The van der Waals surface area contributed by atoms with E-state index in [1.54, 1.807) is 19.0 Å². The van der Waals surface area contributed by atoms with E-state index in [0.29, 0.717) is 19.7 Å². The van der Waals surface area contributed by atoms with Gasteiger partial charge in [0.1, 0.15) is 11.4 Å². The molecule has 0 spiro atoms. The van der Waals surface area contributed by atoms with Crippen LogP contribution >= 0.6 is 24.0 Å². The van der Waals surface area contributed by atoms with Gasteiger partial charge in [0.05, 0.1) is 12.6 Å². The van der Waals surface area contributed by atoms with Gasteiger partial charge in [-0.3, -0.25) is 4.99 Å². The summed E-state index contributed by atoms with van der Waals surface area (Å²) >= 11 is 0. The Morgan fingerprint density at radius 1 is 1.38 bits per heavy atom. The van der Waals surface area contributed by atoms with Crippen molar-refractivity contribution < 1.29 is 14.3 Å². The standard InChI is InChI=1S/C21H34N4O3.HI/c1-15(14-25(6)20(26)28-21(2,3)4)13-23-19(22-5)24-17-11-12-27-18-10-8-7-9-16(17)18;/h7-10,15,17H,11-14H2,1-6H3,(H2,22,23,24);1H. The van der Waals surface area contributed by atoms with E-state index in [4.69, 9.17) is 9.47 Å². The highest BCUT2D eigenvalue weighted by Crippen LogP contribution is 2.31. The summed E-state index contributed by atoms with van der Waals surface area (Å²) in [6.07, 6.45) is 0.579. The SMILES string of the molecule is CN=C(NCC(C)CN(C)C(=O)OC(C)(C)C)NC1CCOc2ccccc21.I. The summed E-state index contributed by atoms with van der Waals surface area (Å²) in [5.74, 6) is 1.90. The van der Waals surface area contributed by atoms with Crippen molar-refractivity contribution in [2.45, 2.75) is 45.8 Å². The minimum atomic E-state index is -0.487. The number of nitrogens with zero attached hydrogens (tertiary/aromatic N) is 2. The molecular weight excluding hydrogens is 483 g/mol. The molecule has 164 valence electrons. The summed E-state index contributed by atoms with van der Waals surface area (Å²) in [6, 6.07) is 8.24. The van der Waals surface area contributed by atoms with Crippen LogP contribution in [0.4, 0.5) is 4.79 Å². The average Bonchev–Trinajstić information content (AvgIpc) is 2.63. The van der Waals surface area contributed by atoms with Gasteiger partial charge in [0, 0.05) is 39.2 Å². The first-order chi connectivity index (χ1) is 13.2. The van der Waals surface area contributed by atoms with Gasteiger partial charge in [0.2, 0.25) is 0 Å². The van der Waals surface area contributed by atoms with Gasteiger partial charge >= 0.3 is 6.09 Å². The molecule has 7 nitrogen and oxygen atoms in total. The van der Waals surface area contributed by atoms with Crippen molar-refractivity contribution in [1.29, 1.82) is 0 Å². The van der Waals surface area contributed by atoms with Crippen molar-refractivity contribution in [2.24, 2.45) is 10.9 Å². The topological polar surface area (TPSA) is 75.2 Å². The minimum Gasteiger partial charge on any atom is -0.493 e. The molecule has 1 aliphatic rings. The Bertz CT molecular complexity index is 691. The molecule has 2 rings (SSSR count). The number of carbonyl (C=O) groups is 1. The number of rotatable bonds is 5. The van der Waals surface area contributed by atoms with E-state index in [9.17, 15) is 4.79 Å². The van der Waals surface area contributed by atoms with Crippen LogP contribution in [0.2, 0.25) is 0 Å². The fraction of sp³-hybridized carbons (Fsp3) is 0.619. The molecule has 0 radical (unpaired) electrons. The van der Waals surface area contributed by atoms with Crippen LogP contribution in [0.25, 0.3) is 0 Å². The molecule has 2 unspecified atom stereocenters. The Morgan fingerprint density at radius 3 is 2.72 bits per heavy atom. The molecule has 0 aliphatic carbocycles. The van der Waals surface area contributed by atoms with E-state index in [1.165, 1.54) is 0 Å². The Hall–Kier alpha value is -1.71. The van der Waals surface area contributed by atoms with E-state index < -0.39 is 5.60 Å². The van der Waals surface area contributed by atoms with E-state index in [2.05, 4.69) is 28.6 Å². The monoisotopic (exact) mass is 518 g/mol. The number of nitrogens with one attached hydrogen (secondary N) is 2. The molecule has 8 heteroatoms. The second-order valence-electron chi connectivity index (χ2n) is 8.29. The van der Waals surface area contributed by atoms with Gasteiger partial charge in [-0.15, -0.1) is 24.0 Å². The van der Waals surface area contributed by atoms with Gasteiger partial charge in [0.15, 0.2) is 5.96 Å². The largest absolute Gasteiger partial charge is 0.493 e. The molecule has 29 heavy (non-hydrogen) atoms. The summed E-state index contributed by atoms with van der Waals surface area (Å²) < 4.78 is 11.1. The van der Waals surface area contributed by atoms with E-state index in [0.717, 1.165) is 23.7 Å². The molecule has 2 atom stereocenters. The number of halogens is 1. The zero-order chi connectivity index (χ0) is 20.7. The normalized spacial score (nSPS) is 17.2. The molecule has 1 heterocycles. The van der Waals surface area contributed by atoms with Crippen molar-refractivity contribution in [2.75, 3.05) is 33.8 Å². The van der Waals surface area contributed by atoms with Crippen molar-refractivity contribution in [3.05, 3.63) is 29.8 Å². The quantitative estimate of drug-likeness (QED) is 0.353. The highest BCUT2D eigenvalue weighted by Gasteiger charge is 2.23. The molecule has 1 aliphatic heterocycles. The molecule has 0 bridgehead atoms. The van der Waals surface area contributed by atoms with E-state index in [1.807, 2.05) is 39.0 Å². The number of hydrogen-bond donors (Lipinski definition) is 2. The van der Waals surface area contributed by atoms with Gasteiger partial charge in [-0.05, 0) is 32.8 Å². The Labute approximate surface area is 191 Å². The second-order valence-corrected chi connectivity index (χ2v) is 8.29. The zero-order valence-corrected chi connectivity index (χ0v) is 20.7. The predicted octanol–water partition coefficient (Wildman–Crippen LogP) is 3.80. The molecule has 1 aromatic carbocycles. The first-order valence-corrected chi connectivity index (χ1v) is 9.82. The molecule has 2 N–H and O–H groups in total. The van der Waals surface area contributed by atoms with Gasteiger partial charge in [0.25, 0.3) is 0 Å². The number of amides is 1. The number of aliphatic imine (C=N–C) groups is 1. The van der Waals surface area contributed by atoms with Crippen molar-refractivity contribution >= 4 is 36.0 Å². The number of guanidine groups is 1. The smallest absolute Gasteiger partial charge is 0.410 e. The summed E-state index contributed by atoms with van der Waals surface area (Å²) in [4.78, 5) is 18.1. The lowest BCUT2D eigenvalue weighted by Gasteiger charge is -2.29. The number of carbonyl (C=O) groups excluding carboxylic acids is 1. The molecule has 0 saturated carbocycles. The Kier molecular flexibility index (Phi) is 10.0. The maximum Gasteiger partial charge on any atom is 0.410 e. The van der Waals surface area contributed by atoms with Crippen LogP contribution in [-0.4, -0.2) is 56.3 Å². The lowest BCUT2D eigenvalue weighted by atomic mass is 10.0. The predicted molar refractivity (Wildman–Crippen MR) is 127 cm³/mol. The molecule has 0 aromatic heterocycles. The van der Waals surface area contributed by atoms with Crippen molar-refractivity contribution in [1.82, 2.24) is 15.5 Å². The molecular formula is C21H35IN4O3. The molecule has 1 amide bonds. The van der Waals surface area contributed by atoms with E-state index >= 15 is 0 Å². The molecule has 0 saturated heterocycles. The summed E-state index contributed by atoms with van der Waals surface area (Å²) in [5.41, 5.74) is 0.660. The summed E-state index contributed by atoms with van der Waals surface area (Å²) in [5, 5.41) is 6.84. The third-order valence-corrected chi connectivity index (χ3v) is 4.40. The third-order valence-electron chi connectivity index (χ3n) is 4.40. The van der Waals surface area contributed by atoms with Crippen LogP contribution in [0.3, 0.4) is 0 Å². The van der Waals surface area contributed by atoms with Crippen molar-refractivity contribution in [3.8, 4) is 5.75 Å². The number of para-hydroxylation sites is 1. The number of ether oxygens (including phenoxy) is 2. The van der Waals surface area contributed by atoms with Crippen LogP contribution in [0.5, 0.6) is 5.75 Å². The summed E-state index contributed by atoms with van der Waals surface area (Å²) in [7, 11) is 3.52. The lowest BCUT2D eigenvalue weighted by molar-refractivity contribution is 0.0278. The lowest BCUT2D eigenvalue weighted by Crippen LogP contribution is -2.44. The van der Waals surface area contributed by atoms with Gasteiger partial charge < -0.3 is 25.0 Å². The molecule has 1 aromatic rings. The van der Waals surface area contributed by atoms with Crippen molar-refractivity contribution in [3.63, 3.8) is 0 Å². The highest BCUT2D eigenvalue weighted by atomic mass is 127. The van der Waals surface area contributed by atoms with Gasteiger partial charge in [-0.1, -0.05) is 25.1 Å². The zero-order valence-electron chi connectivity index (χ0n) is 18.3. The van der Waals surface area contributed by atoms with E-state index in [-0.39, 0.29) is 42.0 Å². The average molecular weight is 518 g/mol. The fourth-order valence-corrected chi connectivity index (χ4v) is 3.07. The molecule has 0 fully saturated rings. The third kappa shape index (κ3) is 8.28. The van der Waals surface area contributed by atoms with Gasteiger partial charge in [-0.25, -0.2) is 4.79 Å². The van der Waals surface area contributed by atoms with Crippen LogP contribution in [0.1, 0.15) is 45.7 Å². The number of benzene rings is 1. The maximum atomic E-state index is 12.1. The van der Waals surface area contributed by atoms with Crippen LogP contribution in [0.15, 0.2) is 29.3 Å². The number of hydrogen-bond acceptors (Lipinski definition) is 4. The van der Waals surface area contributed by atoms with Gasteiger partial charge in [-0.2, -0.15) is 0 Å². The number of fused-ring (bicyclic) bond motifs is 1. The first kappa shape index (κ1) is 25.3. The Morgan fingerprint density at radius 2 is 2.07 bits per heavy atom. The fourth-order valence-electron chi connectivity index (χ4n) is 3.07. The van der Waals surface area contributed by atoms with Crippen LogP contribution in [-0.2, 0) is 4.74 Å². The van der Waals surface area contributed by atoms with Crippen LogP contribution in [0, 0.1) is 5.92 Å². The first-order valence-electron chi connectivity index (χ1n) is 9.82. The maximum absolute atomic E-state index is 12.1. The summed E-state index contributed by atoms with van der Waals surface area (Å²) in [6.45, 7) is 9.67. The Balaban J connectivity index is 0.00000420. The minimum absolute atomic E-state index is 0. The second kappa shape index (κ2) is 11.5. The highest BCUT2D eigenvalue weighted by molar-refractivity contribution is 14.0. The van der Waals surface area contributed by atoms with Crippen LogP contribution < -0.4 is 15.4 Å².